The van der Waals surface area contributed by atoms with Gasteiger partial charge in [0.15, 0.2) is 0 Å². The van der Waals surface area contributed by atoms with E-state index in [2.05, 4.69) is 0 Å². The van der Waals surface area contributed by atoms with Crippen LogP contribution in [0.1, 0.15) is 6.92 Å². The summed E-state index contributed by atoms with van der Waals surface area (Å²) in [4.78, 5) is 2.03. The minimum Gasteiger partial charge on any atom is -0.383 e. The lowest BCUT2D eigenvalue weighted by atomic mass is 10.2. The predicted octanol–water partition coefficient (Wildman–Crippen LogP) is 1.63. The van der Waals surface area contributed by atoms with Gasteiger partial charge < -0.3 is 15.4 Å². The van der Waals surface area contributed by atoms with Gasteiger partial charge in [-0.1, -0.05) is 6.07 Å². The topological polar surface area (TPSA) is 38.5 Å². The van der Waals surface area contributed by atoms with E-state index < -0.39 is 0 Å². The zero-order valence-corrected chi connectivity index (χ0v) is 9.82. The molecule has 1 unspecified atom stereocenters. The van der Waals surface area contributed by atoms with Crippen LogP contribution < -0.4 is 10.6 Å². The van der Waals surface area contributed by atoms with Gasteiger partial charge in [0.25, 0.3) is 0 Å². The Morgan fingerprint density at radius 3 is 2.81 bits per heavy atom. The molecule has 2 N–H and O–H groups in total. The Labute approximate surface area is 96.0 Å². The molecule has 1 aromatic carbocycles. The van der Waals surface area contributed by atoms with Crippen molar-refractivity contribution in [1.29, 1.82) is 0 Å². The van der Waals surface area contributed by atoms with E-state index >= 15 is 0 Å². The SMILES string of the molecule is CCN(CC(N)COC)c1cccc(F)c1. The second kappa shape index (κ2) is 6.45. The molecular formula is C12H19FN2O. The number of halogens is 1. The summed E-state index contributed by atoms with van der Waals surface area (Å²) in [7, 11) is 1.62. The molecule has 0 aliphatic carbocycles. The number of hydrogen-bond donors (Lipinski definition) is 1. The van der Waals surface area contributed by atoms with Crippen LogP contribution in [-0.4, -0.2) is 32.8 Å². The van der Waals surface area contributed by atoms with Gasteiger partial charge in [0.1, 0.15) is 5.82 Å². The van der Waals surface area contributed by atoms with Gasteiger partial charge in [-0.3, -0.25) is 0 Å². The van der Waals surface area contributed by atoms with E-state index in [0.717, 1.165) is 12.2 Å². The molecule has 90 valence electrons. The van der Waals surface area contributed by atoms with Crippen LogP contribution in [0.3, 0.4) is 0 Å². The first-order valence-corrected chi connectivity index (χ1v) is 5.42. The lowest BCUT2D eigenvalue weighted by Gasteiger charge is -2.26. The first kappa shape index (κ1) is 12.9. The lowest BCUT2D eigenvalue weighted by Crippen LogP contribution is -2.40. The molecule has 0 aliphatic rings. The van der Waals surface area contributed by atoms with Gasteiger partial charge >= 0.3 is 0 Å². The van der Waals surface area contributed by atoms with Gasteiger partial charge in [0.2, 0.25) is 0 Å². The molecule has 0 aromatic heterocycles. The van der Waals surface area contributed by atoms with E-state index in [-0.39, 0.29) is 11.9 Å². The lowest BCUT2D eigenvalue weighted by molar-refractivity contribution is 0.181. The maximum absolute atomic E-state index is 13.1. The average Bonchev–Trinajstić information content (AvgIpc) is 2.26. The van der Waals surface area contributed by atoms with Crippen LogP contribution in [0.4, 0.5) is 10.1 Å². The molecule has 0 spiro atoms. The van der Waals surface area contributed by atoms with Crippen molar-refractivity contribution in [2.24, 2.45) is 5.73 Å². The monoisotopic (exact) mass is 226 g/mol. The average molecular weight is 226 g/mol. The van der Waals surface area contributed by atoms with E-state index in [1.807, 2.05) is 17.9 Å². The number of likely N-dealkylation sites (N-methyl/N-ethyl adjacent to an activating group) is 1. The maximum Gasteiger partial charge on any atom is 0.125 e. The molecule has 1 rings (SSSR count). The summed E-state index contributed by atoms with van der Waals surface area (Å²) in [5.74, 6) is -0.226. The zero-order valence-electron chi connectivity index (χ0n) is 9.82. The van der Waals surface area contributed by atoms with Crippen molar-refractivity contribution in [2.45, 2.75) is 13.0 Å². The summed E-state index contributed by atoms with van der Waals surface area (Å²) in [5.41, 5.74) is 6.73. The Hall–Kier alpha value is -1.13. The Morgan fingerprint density at radius 2 is 2.25 bits per heavy atom. The molecule has 0 heterocycles. The fourth-order valence-electron chi connectivity index (χ4n) is 1.64. The molecule has 0 radical (unpaired) electrons. The highest BCUT2D eigenvalue weighted by Gasteiger charge is 2.10. The minimum absolute atomic E-state index is 0.0618. The van der Waals surface area contributed by atoms with E-state index in [9.17, 15) is 4.39 Å². The van der Waals surface area contributed by atoms with Crippen molar-refractivity contribution < 1.29 is 9.13 Å². The third-order valence-electron chi connectivity index (χ3n) is 2.39. The first-order chi connectivity index (χ1) is 7.67. The van der Waals surface area contributed by atoms with Gasteiger partial charge in [-0.25, -0.2) is 4.39 Å². The molecule has 0 fully saturated rings. The number of anilines is 1. The zero-order chi connectivity index (χ0) is 12.0. The summed E-state index contributed by atoms with van der Waals surface area (Å²) in [5, 5.41) is 0. The Kier molecular flexibility index (Phi) is 5.22. The van der Waals surface area contributed by atoms with Crippen LogP contribution >= 0.6 is 0 Å². The number of hydrogen-bond acceptors (Lipinski definition) is 3. The van der Waals surface area contributed by atoms with Crippen molar-refractivity contribution in [3.05, 3.63) is 30.1 Å². The number of methoxy groups -OCH3 is 1. The van der Waals surface area contributed by atoms with E-state index in [1.54, 1.807) is 13.2 Å². The number of nitrogens with two attached hydrogens (primary N) is 1. The van der Waals surface area contributed by atoms with Gasteiger partial charge in [-0.05, 0) is 25.1 Å². The number of nitrogens with zero attached hydrogens (tertiary/aromatic N) is 1. The van der Waals surface area contributed by atoms with E-state index in [1.165, 1.54) is 12.1 Å². The highest BCUT2D eigenvalue weighted by Crippen LogP contribution is 2.15. The molecule has 4 heteroatoms. The van der Waals surface area contributed by atoms with Crippen LogP contribution in [0.25, 0.3) is 0 Å². The van der Waals surface area contributed by atoms with Gasteiger partial charge in [0, 0.05) is 31.9 Å². The van der Waals surface area contributed by atoms with Crippen LogP contribution in [0.2, 0.25) is 0 Å². The molecule has 0 bridgehead atoms. The fourth-order valence-corrected chi connectivity index (χ4v) is 1.64. The normalized spacial score (nSPS) is 12.5. The van der Waals surface area contributed by atoms with Crippen LogP contribution in [0.15, 0.2) is 24.3 Å². The minimum atomic E-state index is -0.226. The number of rotatable bonds is 6. The third kappa shape index (κ3) is 3.79. The second-order valence-corrected chi connectivity index (χ2v) is 3.73. The van der Waals surface area contributed by atoms with Crippen molar-refractivity contribution in [3.63, 3.8) is 0 Å². The molecule has 3 nitrogen and oxygen atoms in total. The molecule has 0 amide bonds. The van der Waals surface area contributed by atoms with Crippen LogP contribution in [-0.2, 0) is 4.74 Å². The standard InChI is InChI=1S/C12H19FN2O/c1-3-15(8-11(14)9-16-2)12-6-4-5-10(13)7-12/h4-7,11H,3,8-9,14H2,1-2H3. The number of benzene rings is 1. The Bertz CT molecular complexity index is 320. The Morgan fingerprint density at radius 1 is 1.50 bits per heavy atom. The molecule has 0 saturated heterocycles. The molecule has 16 heavy (non-hydrogen) atoms. The van der Waals surface area contributed by atoms with Crippen LogP contribution in [0.5, 0.6) is 0 Å². The van der Waals surface area contributed by atoms with Crippen LogP contribution in [0, 0.1) is 5.82 Å². The van der Waals surface area contributed by atoms with Crippen molar-refractivity contribution in [2.75, 3.05) is 31.7 Å². The smallest absolute Gasteiger partial charge is 0.125 e. The van der Waals surface area contributed by atoms with Crippen molar-refractivity contribution >= 4 is 5.69 Å². The van der Waals surface area contributed by atoms with Gasteiger partial charge in [0.05, 0.1) is 6.61 Å². The van der Waals surface area contributed by atoms with Crippen molar-refractivity contribution in [1.82, 2.24) is 0 Å². The van der Waals surface area contributed by atoms with E-state index in [4.69, 9.17) is 10.5 Å². The predicted molar refractivity (Wildman–Crippen MR) is 64.1 cm³/mol. The largest absolute Gasteiger partial charge is 0.383 e. The molecule has 1 atom stereocenters. The van der Waals surface area contributed by atoms with E-state index in [0.29, 0.717) is 13.2 Å². The van der Waals surface area contributed by atoms with Gasteiger partial charge in [-0.2, -0.15) is 0 Å². The highest BCUT2D eigenvalue weighted by molar-refractivity contribution is 5.46. The highest BCUT2D eigenvalue weighted by atomic mass is 19.1. The molecule has 1 aromatic rings. The summed E-state index contributed by atoms with van der Waals surface area (Å²) >= 11 is 0. The molecule has 0 saturated carbocycles. The number of ether oxygens (including phenoxy) is 1. The third-order valence-corrected chi connectivity index (χ3v) is 2.39. The maximum atomic E-state index is 13.1. The van der Waals surface area contributed by atoms with Gasteiger partial charge in [-0.15, -0.1) is 0 Å². The summed E-state index contributed by atoms with van der Waals surface area (Å²) in [6, 6.07) is 6.48. The first-order valence-electron chi connectivity index (χ1n) is 5.42. The fraction of sp³-hybridized carbons (Fsp3) is 0.500. The summed E-state index contributed by atoms with van der Waals surface area (Å²) < 4.78 is 18.0. The summed E-state index contributed by atoms with van der Waals surface area (Å²) in [6.07, 6.45) is 0. The van der Waals surface area contributed by atoms with Crippen molar-refractivity contribution in [3.8, 4) is 0 Å². The molecular weight excluding hydrogens is 207 g/mol. The second-order valence-electron chi connectivity index (χ2n) is 3.73. The summed E-state index contributed by atoms with van der Waals surface area (Å²) in [6.45, 7) is 3.98. The molecule has 0 aliphatic heterocycles. The quantitative estimate of drug-likeness (QED) is 0.801. The Balaban J connectivity index is 2.67.